The van der Waals surface area contributed by atoms with Gasteiger partial charge in [-0.2, -0.15) is 4.72 Å². The van der Waals surface area contributed by atoms with Crippen LogP contribution in [0.15, 0.2) is 71.6 Å². The van der Waals surface area contributed by atoms with E-state index >= 15 is 0 Å². The topological polar surface area (TPSA) is 102 Å². The number of amidine groups is 1. The minimum absolute atomic E-state index is 0.133. The summed E-state index contributed by atoms with van der Waals surface area (Å²) in [5.41, 5.74) is 1.54. The molecular formula is C27H32N4O3S. The standard InChI is InChI=1S/C27H32N4O3S/c1-29-26(28)21-13-11-19(12-14-21)17-25(27(32)31(2)23-9-5-6-10-23)30-35(33,34)24-16-15-20-7-3-4-8-22(20)18-24/h3-4,7-8,11-16,18,23,25,30H,5-6,9-10,17H2,1-2H3,(H2,28,29)/t25-/m0/s1. The number of carbonyl (C=O) groups excluding carboxylic acids is 1. The largest absolute Gasteiger partial charge is 0.373 e. The normalized spacial score (nSPS) is 15.1. The Labute approximate surface area is 207 Å². The number of likely N-dealkylation sites (N-methyl/N-ethyl adjacent to an activating group) is 1. The van der Waals surface area contributed by atoms with Crippen molar-refractivity contribution in [3.63, 3.8) is 0 Å². The molecule has 1 fully saturated rings. The fourth-order valence-electron chi connectivity index (χ4n) is 4.67. The molecule has 7 nitrogen and oxygen atoms in total. The van der Waals surface area contributed by atoms with Gasteiger partial charge in [-0.3, -0.25) is 10.2 Å². The number of nitrogens with zero attached hydrogens (tertiary/aromatic N) is 1. The Balaban J connectivity index is 1.61. The summed E-state index contributed by atoms with van der Waals surface area (Å²) in [6.07, 6.45) is 4.25. The van der Waals surface area contributed by atoms with Gasteiger partial charge in [0.05, 0.1) is 4.90 Å². The summed E-state index contributed by atoms with van der Waals surface area (Å²) in [5, 5.41) is 12.5. The number of fused-ring (bicyclic) bond motifs is 1. The molecule has 1 atom stereocenters. The zero-order valence-corrected chi connectivity index (χ0v) is 20.9. The van der Waals surface area contributed by atoms with Crippen LogP contribution in [0.25, 0.3) is 10.8 Å². The average molecular weight is 493 g/mol. The molecule has 0 heterocycles. The van der Waals surface area contributed by atoms with Crippen molar-refractivity contribution in [2.24, 2.45) is 0 Å². The Kier molecular flexibility index (Phi) is 7.52. The lowest BCUT2D eigenvalue weighted by Gasteiger charge is -2.29. The molecule has 184 valence electrons. The van der Waals surface area contributed by atoms with E-state index in [1.807, 2.05) is 36.4 Å². The predicted molar refractivity (Wildman–Crippen MR) is 139 cm³/mol. The Hall–Kier alpha value is -3.23. The van der Waals surface area contributed by atoms with Crippen LogP contribution in [-0.4, -0.2) is 51.2 Å². The minimum atomic E-state index is -3.94. The molecular weight excluding hydrogens is 460 g/mol. The van der Waals surface area contributed by atoms with E-state index in [1.54, 1.807) is 49.3 Å². The third-order valence-corrected chi connectivity index (χ3v) is 8.25. The molecule has 0 aromatic heterocycles. The zero-order valence-electron chi connectivity index (χ0n) is 20.1. The quantitative estimate of drug-likeness (QED) is 0.330. The van der Waals surface area contributed by atoms with E-state index in [2.05, 4.69) is 10.0 Å². The number of rotatable bonds is 8. The van der Waals surface area contributed by atoms with Gasteiger partial charge < -0.3 is 10.2 Å². The highest BCUT2D eigenvalue weighted by atomic mass is 32.2. The average Bonchev–Trinajstić information content (AvgIpc) is 3.42. The van der Waals surface area contributed by atoms with Crippen LogP contribution in [0.5, 0.6) is 0 Å². The highest BCUT2D eigenvalue weighted by Crippen LogP contribution is 2.24. The van der Waals surface area contributed by atoms with E-state index in [1.165, 1.54) is 0 Å². The predicted octanol–water partition coefficient (Wildman–Crippen LogP) is 3.68. The van der Waals surface area contributed by atoms with Gasteiger partial charge in [0.15, 0.2) is 0 Å². The molecule has 4 rings (SSSR count). The van der Waals surface area contributed by atoms with Crippen molar-refractivity contribution in [3.05, 3.63) is 77.9 Å². The van der Waals surface area contributed by atoms with Crippen molar-refractivity contribution in [1.82, 2.24) is 14.9 Å². The number of sulfonamides is 1. The monoisotopic (exact) mass is 492 g/mol. The van der Waals surface area contributed by atoms with Gasteiger partial charge in [-0.25, -0.2) is 8.42 Å². The number of benzene rings is 3. The first-order chi connectivity index (χ1) is 16.8. The summed E-state index contributed by atoms with van der Waals surface area (Å²) in [5.74, 6) is 0.0652. The van der Waals surface area contributed by atoms with E-state index in [0.29, 0.717) is 5.84 Å². The second kappa shape index (κ2) is 10.6. The fraction of sp³-hybridized carbons (Fsp3) is 0.333. The van der Waals surface area contributed by atoms with E-state index < -0.39 is 16.1 Å². The van der Waals surface area contributed by atoms with E-state index in [0.717, 1.165) is 47.6 Å². The van der Waals surface area contributed by atoms with Gasteiger partial charge in [-0.05, 0) is 47.7 Å². The molecule has 8 heteroatoms. The summed E-state index contributed by atoms with van der Waals surface area (Å²) in [7, 11) is -0.484. The molecule has 0 unspecified atom stereocenters. The summed E-state index contributed by atoms with van der Waals surface area (Å²) in [4.78, 5) is 15.4. The summed E-state index contributed by atoms with van der Waals surface area (Å²) >= 11 is 0. The maximum atomic E-state index is 13.5. The number of hydrogen-bond acceptors (Lipinski definition) is 4. The zero-order chi connectivity index (χ0) is 25.0. The molecule has 1 aliphatic carbocycles. The maximum absolute atomic E-state index is 13.5. The summed E-state index contributed by atoms with van der Waals surface area (Å²) < 4.78 is 29.5. The first-order valence-corrected chi connectivity index (χ1v) is 13.4. The molecule has 0 spiro atoms. The van der Waals surface area contributed by atoms with Gasteiger partial charge >= 0.3 is 0 Å². The highest BCUT2D eigenvalue weighted by Gasteiger charge is 2.32. The lowest BCUT2D eigenvalue weighted by molar-refractivity contribution is -0.133. The molecule has 1 amide bonds. The van der Waals surface area contributed by atoms with Gasteiger partial charge in [0.2, 0.25) is 15.9 Å². The second-order valence-electron chi connectivity index (χ2n) is 9.10. The third-order valence-electron chi connectivity index (χ3n) is 6.78. The van der Waals surface area contributed by atoms with E-state index in [9.17, 15) is 13.2 Å². The van der Waals surface area contributed by atoms with Crippen LogP contribution >= 0.6 is 0 Å². The molecule has 3 N–H and O–H groups in total. The van der Waals surface area contributed by atoms with Crippen molar-refractivity contribution in [3.8, 4) is 0 Å². The Bertz CT molecular complexity index is 1320. The first kappa shape index (κ1) is 24.9. The SMILES string of the molecule is CNC(=N)c1ccc(C[C@H](NS(=O)(=O)c2ccc3ccccc3c2)C(=O)N(C)C2CCCC2)cc1. The molecule has 3 aromatic carbocycles. The molecule has 1 saturated carbocycles. The molecule has 0 radical (unpaired) electrons. The van der Waals surface area contributed by atoms with Crippen LogP contribution < -0.4 is 10.0 Å². The molecule has 3 aromatic rings. The third kappa shape index (κ3) is 5.71. The van der Waals surface area contributed by atoms with Crippen LogP contribution in [0.4, 0.5) is 0 Å². The molecule has 0 aliphatic heterocycles. The smallest absolute Gasteiger partial charge is 0.241 e. The fourth-order valence-corrected chi connectivity index (χ4v) is 5.90. The molecule has 1 aliphatic rings. The van der Waals surface area contributed by atoms with Crippen LogP contribution in [0.3, 0.4) is 0 Å². The van der Waals surface area contributed by atoms with Gasteiger partial charge in [-0.15, -0.1) is 0 Å². The minimum Gasteiger partial charge on any atom is -0.373 e. The van der Waals surface area contributed by atoms with Gasteiger partial charge in [-0.1, -0.05) is 67.4 Å². The van der Waals surface area contributed by atoms with E-state index in [4.69, 9.17) is 5.41 Å². The van der Waals surface area contributed by atoms with Crippen LogP contribution in [0.2, 0.25) is 0 Å². The van der Waals surface area contributed by atoms with Gasteiger partial charge in [0.1, 0.15) is 11.9 Å². The van der Waals surface area contributed by atoms with Crippen molar-refractivity contribution in [2.75, 3.05) is 14.1 Å². The second-order valence-corrected chi connectivity index (χ2v) is 10.8. The first-order valence-electron chi connectivity index (χ1n) is 11.9. The van der Waals surface area contributed by atoms with Crippen LogP contribution in [0, 0.1) is 5.41 Å². The molecule has 35 heavy (non-hydrogen) atoms. The van der Waals surface area contributed by atoms with Gasteiger partial charge in [0, 0.05) is 25.7 Å². The van der Waals surface area contributed by atoms with Crippen LogP contribution in [-0.2, 0) is 21.2 Å². The lowest BCUT2D eigenvalue weighted by atomic mass is 10.0. The lowest BCUT2D eigenvalue weighted by Crippen LogP contribution is -2.50. The van der Waals surface area contributed by atoms with Crippen molar-refractivity contribution >= 4 is 32.5 Å². The van der Waals surface area contributed by atoms with Crippen LogP contribution in [0.1, 0.15) is 36.8 Å². The van der Waals surface area contributed by atoms with E-state index in [-0.39, 0.29) is 23.3 Å². The number of nitrogens with one attached hydrogen (secondary N) is 3. The van der Waals surface area contributed by atoms with Crippen molar-refractivity contribution in [2.45, 2.75) is 49.1 Å². The highest BCUT2D eigenvalue weighted by molar-refractivity contribution is 7.89. The van der Waals surface area contributed by atoms with Gasteiger partial charge in [0.25, 0.3) is 0 Å². The molecule has 0 saturated heterocycles. The summed E-state index contributed by atoms with van der Waals surface area (Å²) in [6, 6.07) is 19.0. The Morgan fingerprint density at radius 3 is 2.34 bits per heavy atom. The number of hydrogen-bond donors (Lipinski definition) is 3. The Morgan fingerprint density at radius 2 is 1.69 bits per heavy atom. The van der Waals surface area contributed by atoms with Crippen molar-refractivity contribution in [1.29, 1.82) is 5.41 Å². The summed E-state index contributed by atoms with van der Waals surface area (Å²) in [6.45, 7) is 0. The number of carbonyl (C=O) groups is 1. The molecule has 0 bridgehead atoms. The maximum Gasteiger partial charge on any atom is 0.241 e. The van der Waals surface area contributed by atoms with Crippen molar-refractivity contribution < 1.29 is 13.2 Å². The Morgan fingerprint density at radius 1 is 1.03 bits per heavy atom. The number of amides is 1.